The maximum absolute atomic E-state index is 11.9. The quantitative estimate of drug-likeness (QED) is 0.787. The van der Waals surface area contributed by atoms with Crippen molar-refractivity contribution in [2.45, 2.75) is 0 Å². The normalized spacial score (nSPS) is 10.4. The average Bonchev–Trinajstić information content (AvgIpc) is 2.27. The number of rotatable bonds is 4. The van der Waals surface area contributed by atoms with Gasteiger partial charge in [-0.15, -0.1) is 0 Å². The number of nitrogen functional groups attached to an aromatic ring is 1. The van der Waals surface area contributed by atoms with Crippen LogP contribution in [-0.2, 0) is 4.79 Å². The summed E-state index contributed by atoms with van der Waals surface area (Å²) >= 11 is 0. The summed E-state index contributed by atoms with van der Waals surface area (Å²) in [5.74, 6) is 0.592. The van der Waals surface area contributed by atoms with Gasteiger partial charge in [0.15, 0.2) is 0 Å². The molecule has 2 N–H and O–H groups in total. The van der Waals surface area contributed by atoms with Crippen LogP contribution in [0, 0.1) is 0 Å². The van der Waals surface area contributed by atoms with E-state index in [-0.39, 0.29) is 5.91 Å². The molecule has 0 radical (unpaired) electrons. The number of methoxy groups -OCH3 is 1. The topological polar surface area (TPSA) is 58.8 Å². The van der Waals surface area contributed by atoms with Crippen LogP contribution in [0.25, 0.3) is 0 Å². The summed E-state index contributed by atoms with van der Waals surface area (Å²) in [6, 6.07) is 5.28. The van der Waals surface area contributed by atoms with Gasteiger partial charge in [0, 0.05) is 18.8 Å². The van der Waals surface area contributed by atoms with Crippen LogP contribution in [0.1, 0.15) is 0 Å². The third-order valence-corrected chi connectivity index (χ3v) is 2.43. The lowest BCUT2D eigenvalue weighted by Crippen LogP contribution is -2.35. The highest BCUT2D eigenvalue weighted by molar-refractivity contribution is 5.94. The number of carbonyl (C=O) groups excluding carboxylic acids is 1. The first-order chi connectivity index (χ1) is 7.95. The van der Waals surface area contributed by atoms with Gasteiger partial charge < -0.3 is 20.3 Å². The van der Waals surface area contributed by atoms with Gasteiger partial charge in [0.2, 0.25) is 5.91 Å². The first-order valence-electron chi connectivity index (χ1n) is 5.30. The molecule has 0 aliphatic heterocycles. The van der Waals surface area contributed by atoms with Crippen molar-refractivity contribution in [3.8, 4) is 5.75 Å². The van der Waals surface area contributed by atoms with Crippen molar-refractivity contribution in [1.82, 2.24) is 4.90 Å². The molecule has 1 aromatic carbocycles. The predicted octanol–water partition coefficient (Wildman–Crippen LogP) is 0.802. The van der Waals surface area contributed by atoms with Crippen LogP contribution in [0.4, 0.5) is 11.4 Å². The van der Waals surface area contributed by atoms with Crippen molar-refractivity contribution >= 4 is 17.3 Å². The maximum atomic E-state index is 11.9. The fourth-order valence-electron chi connectivity index (χ4n) is 1.43. The highest BCUT2D eigenvalue weighted by atomic mass is 16.5. The second-order valence-electron chi connectivity index (χ2n) is 4.12. The Balaban J connectivity index is 2.88. The minimum absolute atomic E-state index is 0.0156. The number of likely N-dealkylation sites (N-methyl/N-ethyl adjacent to an activating group) is 2. The Hall–Kier alpha value is -1.75. The highest BCUT2D eigenvalue weighted by Crippen LogP contribution is 2.26. The van der Waals surface area contributed by atoms with Crippen molar-refractivity contribution in [3.05, 3.63) is 18.2 Å². The van der Waals surface area contributed by atoms with Gasteiger partial charge in [-0.05, 0) is 26.2 Å². The monoisotopic (exact) mass is 237 g/mol. The van der Waals surface area contributed by atoms with Crippen molar-refractivity contribution in [3.63, 3.8) is 0 Å². The molecule has 0 heterocycles. The molecule has 1 rings (SSSR count). The molecule has 1 amide bonds. The molecular weight excluding hydrogens is 218 g/mol. The smallest absolute Gasteiger partial charge is 0.240 e. The summed E-state index contributed by atoms with van der Waals surface area (Å²) in [5, 5.41) is 0. The SMILES string of the molecule is COc1cc(N(C)C(=O)CN(C)C)ccc1N. The molecule has 17 heavy (non-hydrogen) atoms. The number of anilines is 2. The Kier molecular flexibility index (Phi) is 4.34. The number of hydrogen-bond acceptors (Lipinski definition) is 4. The molecule has 94 valence electrons. The van der Waals surface area contributed by atoms with E-state index in [0.29, 0.717) is 18.0 Å². The van der Waals surface area contributed by atoms with E-state index in [2.05, 4.69) is 0 Å². The van der Waals surface area contributed by atoms with E-state index in [0.717, 1.165) is 5.69 Å². The number of ether oxygens (including phenoxy) is 1. The summed E-state index contributed by atoms with van der Waals surface area (Å²) < 4.78 is 5.12. The second kappa shape index (κ2) is 5.54. The van der Waals surface area contributed by atoms with E-state index in [1.165, 1.54) is 0 Å². The van der Waals surface area contributed by atoms with Crippen molar-refractivity contribution in [2.75, 3.05) is 45.4 Å². The lowest BCUT2D eigenvalue weighted by atomic mass is 10.2. The third kappa shape index (κ3) is 3.35. The fourth-order valence-corrected chi connectivity index (χ4v) is 1.43. The number of hydrogen-bond donors (Lipinski definition) is 1. The van der Waals surface area contributed by atoms with Gasteiger partial charge in [-0.25, -0.2) is 0 Å². The van der Waals surface area contributed by atoms with E-state index in [4.69, 9.17) is 10.5 Å². The van der Waals surface area contributed by atoms with E-state index in [9.17, 15) is 4.79 Å². The van der Waals surface area contributed by atoms with Crippen LogP contribution in [0.2, 0.25) is 0 Å². The van der Waals surface area contributed by atoms with Crippen LogP contribution in [0.5, 0.6) is 5.75 Å². The molecule has 0 aliphatic rings. The van der Waals surface area contributed by atoms with Crippen LogP contribution < -0.4 is 15.4 Å². The molecule has 5 nitrogen and oxygen atoms in total. The summed E-state index contributed by atoms with van der Waals surface area (Å²) in [5.41, 5.74) is 7.05. The minimum atomic E-state index is 0.0156. The summed E-state index contributed by atoms with van der Waals surface area (Å²) in [6.07, 6.45) is 0. The van der Waals surface area contributed by atoms with Gasteiger partial charge in [-0.3, -0.25) is 4.79 Å². The summed E-state index contributed by atoms with van der Waals surface area (Å²) in [7, 11) is 7.00. The molecule has 0 saturated carbocycles. The van der Waals surface area contributed by atoms with E-state index >= 15 is 0 Å². The van der Waals surface area contributed by atoms with Gasteiger partial charge >= 0.3 is 0 Å². The molecule has 1 aromatic rings. The molecule has 0 bridgehead atoms. The standard InChI is InChI=1S/C12H19N3O2/c1-14(2)8-12(16)15(3)9-5-6-10(13)11(7-9)17-4/h5-7H,8,13H2,1-4H3. The first-order valence-corrected chi connectivity index (χ1v) is 5.30. The Labute approximate surface area is 102 Å². The maximum Gasteiger partial charge on any atom is 0.240 e. The zero-order valence-electron chi connectivity index (χ0n) is 10.7. The predicted molar refractivity (Wildman–Crippen MR) is 69.4 cm³/mol. The Morgan fingerprint density at radius 2 is 2.00 bits per heavy atom. The molecule has 5 heteroatoms. The lowest BCUT2D eigenvalue weighted by Gasteiger charge is -2.20. The number of nitrogens with zero attached hydrogens (tertiary/aromatic N) is 2. The highest BCUT2D eigenvalue weighted by Gasteiger charge is 2.13. The van der Waals surface area contributed by atoms with Crippen LogP contribution >= 0.6 is 0 Å². The lowest BCUT2D eigenvalue weighted by molar-refractivity contribution is -0.118. The molecule has 0 unspecified atom stereocenters. The van der Waals surface area contributed by atoms with E-state index < -0.39 is 0 Å². The summed E-state index contributed by atoms with van der Waals surface area (Å²) in [4.78, 5) is 15.3. The fraction of sp³-hybridized carbons (Fsp3) is 0.417. The molecule has 0 spiro atoms. The van der Waals surface area contributed by atoms with Gasteiger partial charge in [0.1, 0.15) is 5.75 Å². The Bertz CT molecular complexity index is 405. The zero-order valence-corrected chi connectivity index (χ0v) is 10.7. The zero-order chi connectivity index (χ0) is 13.0. The van der Waals surface area contributed by atoms with Crippen LogP contribution in [0.15, 0.2) is 18.2 Å². The minimum Gasteiger partial charge on any atom is -0.495 e. The van der Waals surface area contributed by atoms with Crippen molar-refractivity contribution < 1.29 is 9.53 Å². The molecule has 0 fully saturated rings. The first kappa shape index (κ1) is 13.3. The van der Waals surface area contributed by atoms with E-state index in [1.807, 2.05) is 19.0 Å². The molecule has 0 aliphatic carbocycles. The van der Waals surface area contributed by atoms with E-state index in [1.54, 1.807) is 37.3 Å². The Morgan fingerprint density at radius 3 is 2.53 bits per heavy atom. The molecule has 0 aromatic heterocycles. The average molecular weight is 237 g/mol. The number of benzene rings is 1. The van der Waals surface area contributed by atoms with Gasteiger partial charge in [0.25, 0.3) is 0 Å². The number of carbonyl (C=O) groups is 1. The van der Waals surface area contributed by atoms with Crippen molar-refractivity contribution in [1.29, 1.82) is 0 Å². The molecular formula is C12H19N3O2. The molecule has 0 atom stereocenters. The van der Waals surface area contributed by atoms with Gasteiger partial charge in [0.05, 0.1) is 19.3 Å². The number of nitrogens with two attached hydrogens (primary N) is 1. The second-order valence-corrected chi connectivity index (χ2v) is 4.12. The number of amides is 1. The van der Waals surface area contributed by atoms with Gasteiger partial charge in [-0.2, -0.15) is 0 Å². The van der Waals surface area contributed by atoms with Gasteiger partial charge in [-0.1, -0.05) is 0 Å². The summed E-state index contributed by atoms with van der Waals surface area (Å²) in [6.45, 7) is 0.364. The van der Waals surface area contributed by atoms with Crippen molar-refractivity contribution in [2.24, 2.45) is 0 Å². The largest absolute Gasteiger partial charge is 0.495 e. The van der Waals surface area contributed by atoms with Crippen LogP contribution in [0.3, 0.4) is 0 Å². The molecule has 0 saturated heterocycles. The third-order valence-electron chi connectivity index (χ3n) is 2.43. The van der Waals surface area contributed by atoms with Crippen LogP contribution in [-0.4, -0.2) is 45.6 Å². The Morgan fingerprint density at radius 1 is 1.35 bits per heavy atom.